The van der Waals surface area contributed by atoms with Crippen molar-refractivity contribution in [1.29, 1.82) is 0 Å². The van der Waals surface area contributed by atoms with E-state index in [1.54, 1.807) is 48.5 Å². The number of rotatable bonds is 2. The van der Waals surface area contributed by atoms with Crippen molar-refractivity contribution >= 4 is 21.5 Å². The Morgan fingerprint density at radius 1 is 0.417 bits per heavy atom. The van der Waals surface area contributed by atoms with Gasteiger partial charge in [0.05, 0.1) is 11.1 Å². The predicted octanol–water partition coefficient (Wildman–Crippen LogP) is 9.64. The van der Waals surface area contributed by atoms with Crippen LogP contribution in [0.25, 0.3) is 43.8 Å². The lowest BCUT2D eigenvalue weighted by atomic mass is 9.85. The van der Waals surface area contributed by atoms with Gasteiger partial charge < -0.3 is 0 Å². The molecule has 0 aliphatic rings. The lowest BCUT2D eigenvalue weighted by Crippen LogP contribution is -2.11. The molecule has 0 aromatic heterocycles. The molecule has 182 valence electrons. The van der Waals surface area contributed by atoms with Crippen LogP contribution in [0.1, 0.15) is 11.1 Å². The van der Waals surface area contributed by atoms with Crippen LogP contribution in [0.5, 0.6) is 0 Å². The smallest absolute Gasteiger partial charge is 0.207 e. The third kappa shape index (κ3) is 4.17. The zero-order valence-electron chi connectivity index (χ0n) is 18.1. The molecule has 8 heteroatoms. The topological polar surface area (TPSA) is 0 Å². The molecule has 5 rings (SSSR count). The molecular formula is C28H14F8. The molecule has 0 saturated carbocycles. The molecule has 0 heterocycles. The lowest BCUT2D eigenvalue weighted by Gasteiger charge is -2.20. The Hall–Kier alpha value is -3.94. The van der Waals surface area contributed by atoms with Gasteiger partial charge in [0.15, 0.2) is 0 Å². The van der Waals surface area contributed by atoms with E-state index in [4.69, 9.17) is 0 Å². The average molecular weight is 502 g/mol. The summed E-state index contributed by atoms with van der Waals surface area (Å²) in [5, 5.41) is 1.51. The summed E-state index contributed by atoms with van der Waals surface area (Å²) in [7, 11) is 0. The number of hydrogen-bond acceptors (Lipinski definition) is 0. The Balaban J connectivity index is 1.96. The van der Waals surface area contributed by atoms with E-state index >= 15 is 0 Å². The summed E-state index contributed by atoms with van der Waals surface area (Å²) in [5.41, 5.74) is -2.40. The number of alkyl halides is 6. The van der Waals surface area contributed by atoms with Crippen molar-refractivity contribution < 1.29 is 35.1 Å². The Kier molecular flexibility index (Phi) is 5.50. The quantitative estimate of drug-likeness (QED) is 0.167. The molecular weight excluding hydrogens is 488 g/mol. The van der Waals surface area contributed by atoms with Crippen LogP contribution in [-0.2, 0) is 12.4 Å². The molecule has 5 aromatic carbocycles. The molecule has 0 aliphatic heterocycles. The average Bonchev–Trinajstić information content (AvgIpc) is 2.80. The van der Waals surface area contributed by atoms with Gasteiger partial charge in [0.1, 0.15) is 11.6 Å². The van der Waals surface area contributed by atoms with Crippen molar-refractivity contribution in [3.63, 3.8) is 0 Å². The highest BCUT2D eigenvalue weighted by Gasteiger charge is 2.37. The first-order valence-corrected chi connectivity index (χ1v) is 10.6. The summed E-state index contributed by atoms with van der Waals surface area (Å²) in [4.78, 5) is 0. The standard InChI is InChI=1S/C28H14F8/c29-19-11-16(12-20(30)14-19)26-23-7-3-1-5-21(23)25(22-6-2-4-8-24(22)26)15-9-17(27(31,32)33)13-18(10-15)28(34,35)36/h1-14H. The van der Waals surface area contributed by atoms with E-state index < -0.39 is 35.1 Å². The number of halogens is 8. The number of hydrogen-bond donors (Lipinski definition) is 0. The maximum atomic E-state index is 14.1. The van der Waals surface area contributed by atoms with Crippen LogP contribution in [0.3, 0.4) is 0 Å². The number of benzene rings is 5. The van der Waals surface area contributed by atoms with Gasteiger partial charge in [0.2, 0.25) is 0 Å². The van der Waals surface area contributed by atoms with E-state index in [1.807, 2.05) is 0 Å². The van der Waals surface area contributed by atoms with Crippen molar-refractivity contribution in [3.05, 3.63) is 108 Å². The minimum Gasteiger partial charge on any atom is -0.207 e. The highest BCUT2D eigenvalue weighted by molar-refractivity contribution is 6.21. The molecule has 0 unspecified atom stereocenters. The molecule has 0 atom stereocenters. The highest BCUT2D eigenvalue weighted by Crippen LogP contribution is 2.46. The highest BCUT2D eigenvalue weighted by atomic mass is 19.4. The van der Waals surface area contributed by atoms with Gasteiger partial charge in [-0.15, -0.1) is 0 Å². The molecule has 0 saturated heterocycles. The molecule has 0 spiro atoms. The van der Waals surface area contributed by atoms with Crippen molar-refractivity contribution in [2.24, 2.45) is 0 Å². The second-order valence-electron chi connectivity index (χ2n) is 8.29. The second kappa shape index (κ2) is 8.33. The normalized spacial score (nSPS) is 12.4. The molecule has 0 amide bonds. The van der Waals surface area contributed by atoms with Crippen LogP contribution in [0.2, 0.25) is 0 Å². The summed E-state index contributed by atoms with van der Waals surface area (Å²) in [6.45, 7) is 0. The summed E-state index contributed by atoms with van der Waals surface area (Å²) < 4.78 is 110. The van der Waals surface area contributed by atoms with Crippen molar-refractivity contribution in [3.8, 4) is 22.3 Å². The van der Waals surface area contributed by atoms with E-state index in [-0.39, 0.29) is 22.8 Å². The monoisotopic (exact) mass is 502 g/mol. The van der Waals surface area contributed by atoms with E-state index in [1.165, 1.54) is 0 Å². The summed E-state index contributed by atoms with van der Waals surface area (Å²) >= 11 is 0. The van der Waals surface area contributed by atoms with E-state index in [0.29, 0.717) is 45.3 Å². The number of fused-ring (bicyclic) bond motifs is 2. The zero-order chi connectivity index (χ0) is 25.8. The fourth-order valence-corrected chi connectivity index (χ4v) is 4.55. The first-order valence-electron chi connectivity index (χ1n) is 10.6. The Labute approximate surface area is 199 Å². The van der Waals surface area contributed by atoms with E-state index in [2.05, 4.69) is 0 Å². The van der Waals surface area contributed by atoms with Gasteiger partial charge in [-0.2, -0.15) is 26.3 Å². The van der Waals surface area contributed by atoms with Gasteiger partial charge in [-0.05, 0) is 74.1 Å². The van der Waals surface area contributed by atoms with Gasteiger partial charge >= 0.3 is 12.4 Å². The van der Waals surface area contributed by atoms with Crippen LogP contribution in [0, 0.1) is 11.6 Å². The minimum absolute atomic E-state index is 0.0811. The molecule has 0 N–H and O–H groups in total. The molecule has 0 aliphatic carbocycles. The van der Waals surface area contributed by atoms with Crippen LogP contribution >= 0.6 is 0 Å². The fourth-order valence-electron chi connectivity index (χ4n) is 4.55. The first kappa shape index (κ1) is 23.8. The third-order valence-corrected chi connectivity index (χ3v) is 5.96. The second-order valence-corrected chi connectivity index (χ2v) is 8.29. The Morgan fingerprint density at radius 2 is 0.750 bits per heavy atom. The van der Waals surface area contributed by atoms with Crippen LogP contribution in [-0.4, -0.2) is 0 Å². The van der Waals surface area contributed by atoms with Gasteiger partial charge in [-0.3, -0.25) is 0 Å². The summed E-state index contributed by atoms with van der Waals surface area (Å²) in [6, 6.07) is 17.2. The maximum absolute atomic E-state index is 14.1. The molecule has 0 bridgehead atoms. The van der Waals surface area contributed by atoms with Crippen LogP contribution in [0.4, 0.5) is 35.1 Å². The van der Waals surface area contributed by atoms with Gasteiger partial charge in [-0.25, -0.2) is 8.78 Å². The predicted molar refractivity (Wildman–Crippen MR) is 122 cm³/mol. The lowest BCUT2D eigenvalue weighted by molar-refractivity contribution is -0.143. The van der Waals surface area contributed by atoms with E-state index in [9.17, 15) is 35.1 Å². The van der Waals surface area contributed by atoms with Crippen molar-refractivity contribution in [2.75, 3.05) is 0 Å². The largest absolute Gasteiger partial charge is 0.416 e. The molecule has 5 aromatic rings. The molecule has 0 nitrogen and oxygen atoms in total. The van der Waals surface area contributed by atoms with Gasteiger partial charge in [0, 0.05) is 6.07 Å². The zero-order valence-corrected chi connectivity index (χ0v) is 18.1. The third-order valence-electron chi connectivity index (χ3n) is 5.96. The van der Waals surface area contributed by atoms with Gasteiger partial charge in [0.25, 0.3) is 0 Å². The molecule has 0 radical (unpaired) electrons. The Bertz CT molecular complexity index is 1520. The molecule has 0 fully saturated rings. The maximum Gasteiger partial charge on any atom is 0.416 e. The first-order chi connectivity index (χ1) is 16.9. The minimum atomic E-state index is -5.01. The van der Waals surface area contributed by atoms with Crippen molar-refractivity contribution in [1.82, 2.24) is 0 Å². The van der Waals surface area contributed by atoms with Gasteiger partial charge in [-0.1, -0.05) is 48.5 Å². The van der Waals surface area contributed by atoms with Crippen LogP contribution < -0.4 is 0 Å². The fraction of sp³-hybridized carbons (Fsp3) is 0.0714. The van der Waals surface area contributed by atoms with E-state index in [0.717, 1.165) is 12.1 Å². The molecule has 36 heavy (non-hydrogen) atoms. The Morgan fingerprint density at radius 3 is 1.08 bits per heavy atom. The summed E-state index contributed by atoms with van der Waals surface area (Å²) in [6.07, 6.45) is -10.0. The summed E-state index contributed by atoms with van der Waals surface area (Å²) in [5.74, 6) is -1.65. The SMILES string of the molecule is Fc1cc(F)cc(-c2c3ccccc3c(-c3cc(C(F)(F)F)cc(C(F)(F)F)c3)c3ccccc23)c1. The van der Waals surface area contributed by atoms with Crippen LogP contribution in [0.15, 0.2) is 84.9 Å². The van der Waals surface area contributed by atoms with Crippen molar-refractivity contribution in [2.45, 2.75) is 12.4 Å².